The molecule has 0 saturated carbocycles. The summed E-state index contributed by atoms with van der Waals surface area (Å²) in [6, 6.07) is 4.41. The molecule has 2 N–H and O–H groups in total. The van der Waals surface area contributed by atoms with Crippen molar-refractivity contribution < 1.29 is 24.4 Å². The number of aromatic amines is 1. The predicted molar refractivity (Wildman–Crippen MR) is 82.6 cm³/mol. The number of ether oxygens (including phenoxy) is 1. The van der Waals surface area contributed by atoms with Crippen LogP contribution in [0.5, 0.6) is 0 Å². The van der Waals surface area contributed by atoms with Gasteiger partial charge in [-0.1, -0.05) is 0 Å². The zero-order valence-electron chi connectivity index (χ0n) is 12.6. The first-order chi connectivity index (χ1) is 11.5. The number of amides is 1. The van der Waals surface area contributed by atoms with Gasteiger partial charge in [-0.2, -0.15) is 0 Å². The lowest BCUT2D eigenvalue weighted by Crippen LogP contribution is -2.49. The van der Waals surface area contributed by atoms with Crippen molar-refractivity contribution in [3.05, 3.63) is 40.1 Å². The summed E-state index contributed by atoms with van der Waals surface area (Å²) in [6.45, 7) is 0.490. The third-order valence-electron chi connectivity index (χ3n) is 4.00. The number of nitro benzene ring substituents is 1. The summed E-state index contributed by atoms with van der Waals surface area (Å²) < 4.78 is 5.09. The molecule has 0 spiro atoms. The molecule has 2 aromatic rings. The molecule has 9 heteroatoms. The molecule has 126 valence electrons. The molecule has 1 amide bonds. The Balaban J connectivity index is 1.79. The van der Waals surface area contributed by atoms with Crippen LogP contribution in [0.4, 0.5) is 5.69 Å². The van der Waals surface area contributed by atoms with Crippen molar-refractivity contribution in [1.82, 2.24) is 9.88 Å². The molecule has 1 aromatic heterocycles. The van der Waals surface area contributed by atoms with Gasteiger partial charge < -0.3 is 19.7 Å². The molecule has 1 aliphatic rings. The number of hydrogen-bond donors (Lipinski definition) is 2. The van der Waals surface area contributed by atoms with Gasteiger partial charge in [0.25, 0.3) is 5.69 Å². The van der Waals surface area contributed by atoms with Gasteiger partial charge in [0.1, 0.15) is 0 Å². The molecule has 1 aliphatic heterocycles. The van der Waals surface area contributed by atoms with Crippen molar-refractivity contribution in [2.45, 2.75) is 12.5 Å². The van der Waals surface area contributed by atoms with Crippen molar-refractivity contribution in [3.63, 3.8) is 0 Å². The molecule has 1 unspecified atom stereocenters. The Morgan fingerprint density at radius 2 is 2.25 bits per heavy atom. The number of aliphatic carboxylic acids is 1. The van der Waals surface area contributed by atoms with Crippen molar-refractivity contribution in [3.8, 4) is 0 Å². The van der Waals surface area contributed by atoms with Gasteiger partial charge in [0, 0.05) is 35.8 Å². The smallest absolute Gasteiger partial charge is 0.334 e. The minimum absolute atomic E-state index is 0.00330. The van der Waals surface area contributed by atoms with Crippen molar-refractivity contribution in [2.75, 3.05) is 19.7 Å². The van der Waals surface area contributed by atoms with Gasteiger partial charge in [0.15, 0.2) is 6.10 Å². The van der Waals surface area contributed by atoms with Crippen molar-refractivity contribution >= 4 is 28.5 Å². The van der Waals surface area contributed by atoms with E-state index in [0.29, 0.717) is 23.0 Å². The van der Waals surface area contributed by atoms with Crippen LogP contribution in [-0.4, -0.2) is 57.6 Å². The summed E-state index contributed by atoms with van der Waals surface area (Å²) in [5.74, 6) is -1.34. The van der Waals surface area contributed by atoms with E-state index < -0.39 is 17.0 Å². The highest BCUT2D eigenvalue weighted by Gasteiger charge is 2.29. The van der Waals surface area contributed by atoms with E-state index in [0.717, 1.165) is 0 Å². The summed E-state index contributed by atoms with van der Waals surface area (Å²) in [5.41, 5.74) is 1.29. The molecule has 0 aliphatic carbocycles. The fourth-order valence-corrected chi connectivity index (χ4v) is 2.73. The normalized spacial score (nSPS) is 17.8. The number of aromatic nitrogens is 1. The maximum Gasteiger partial charge on any atom is 0.334 e. The SMILES string of the molecule is O=C(O)C1CN(C(=O)Cc2c[nH]c3ccc([N+](=O)[O-])cc23)CCO1. The Bertz CT molecular complexity index is 815. The number of fused-ring (bicyclic) bond motifs is 1. The lowest BCUT2D eigenvalue weighted by Gasteiger charge is -2.30. The zero-order chi connectivity index (χ0) is 17.3. The van der Waals surface area contributed by atoms with Gasteiger partial charge in [-0.3, -0.25) is 14.9 Å². The minimum atomic E-state index is -1.10. The zero-order valence-corrected chi connectivity index (χ0v) is 12.6. The number of benzene rings is 1. The second-order valence-corrected chi connectivity index (χ2v) is 5.52. The number of non-ortho nitro benzene ring substituents is 1. The number of carbonyl (C=O) groups excluding carboxylic acids is 1. The fourth-order valence-electron chi connectivity index (χ4n) is 2.73. The fraction of sp³-hybridized carbons (Fsp3) is 0.333. The van der Waals surface area contributed by atoms with Gasteiger partial charge in [0.2, 0.25) is 5.91 Å². The second-order valence-electron chi connectivity index (χ2n) is 5.52. The number of carboxylic acids is 1. The maximum atomic E-state index is 12.4. The van der Waals surface area contributed by atoms with Crippen LogP contribution in [0.25, 0.3) is 10.9 Å². The Kier molecular flexibility index (Phi) is 4.17. The quantitative estimate of drug-likeness (QED) is 0.633. The third kappa shape index (κ3) is 3.06. The van der Waals surface area contributed by atoms with E-state index in [1.165, 1.54) is 17.0 Å². The van der Waals surface area contributed by atoms with Gasteiger partial charge >= 0.3 is 5.97 Å². The summed E-state index contributed by atoms with van der Waals surface area (Å²) in [4.78, 5) is 38.2. The van der Waals surface area contributed by atoms with Crippen molar-refractivity contribution in [1.29, 1.82) is 0 Å². The number of carbonyl (C=O) groups is 2. The molecule has 9 nitrogen and oxygen atoms in total. The predicted octanol–water partition coefficient (Wildman–Crippen LogP) is 0.931. The number of carboxylic acid groups (broad SMARTS) is 1. The number of H-pyrrole nitrogens is 1. The highest BCUT2D eigenvalue weighted by atomic mass is 16.6. The first kappa shape index (κ1) is 15.9. The van der Waals surface area contributed by atoms with Crippen LogP contribution >= 0.6 is 0 Å². The molecule has 24 heavy (non-hydrogen) atoms. The number of rotatable bonds is 4. The van der Waals surface area contributed by atoms with E-state index in [2.05, 4.69) is 4.98 Å². The van der Waals surface area contributed by atoms with Crippen LogP contribution in [0.15, 0.2) is 24.4 Å². The Morgan fingerprint density at radius 3 is 2.96 bits per heavy atom. The van der Waals surface area contributed by atoms with Gasteiger partial charge in [0.05, 0.1) is 24.5 Å². The second kappa shape index (κ2) is 6.28. The van der Waals surface area contributed by atoms with E-state index >= 15 is 0 Å². The average molecular weight is 333 g/mol. The first-order valence-corrected chi connectivity index (χ1v) is 7.32. The van der Waals surface area contributed by atoms with E-state index in [4.69, 9.17) is 9.84 Å². The Morgan fingerprint density at radius 1 is 1.46 bits per heavy atom. The molecule has 0 radical (unpaired) electrons. The van der Waals surface area contributed by atoms with Crippen LogP contribution in [0, 0.1) is 10.1 Å². The van der Waals surface area contributed by atoms with E-state index in [1.54, 1.807) is 12.3 Å². The maximum absolute atomic E-state index is 12.4. The number of nitro groups is 1. The molecule has 1 saturated heterocycles. The van der Waals surface area contributed by atoms with Gasteiger partial charge in [-0.05, 0) is 11.6 Å². The van der Waals surface area contributed by atoms with Crippen LogP contribution in [0.2, 0.25) is 0 Å². The topological polar surface area (TPSA) is 126 Å². The molecule has 1 atom stereocenters. The van der Waals surface area contributed by atoms with Crippen LogP contribution in [0.3, 0.4) is 0 Å². The highest BCUT2D eigenvalue weighted by molar-refractivity contribution is 5.90. The standard InChI is InChI=1S/C15H15N3O6/c19-14(17-3-4-24-13(8-17)15(20)21)5-9-7-16-12-2-1-10(18(22)23)6-11(9)12/h1-2,6-7,13,16H,3-5,8H2,(H,20,21). The average Bonchev–Trinajstić information content (AvgIpc) is 2.97. The Labute approximate surface area is 136 Å². The lowest BCUT2D eigenvalue weighted by molar-refractivity contribution is -0.384. The molecular weight excluding hydrogens is 318 g/mol. The summed E-state index contributed by atoms with van der Waals surface area (Å²) in [6.07, 6.45) is 0.654. The summed E-state index contributed by atoms with van der Waals surface area (Å²) in [5, 5.41) is 20.5. The van der Waals surface area contributed by atoms with E-state index in [-0.39, 0.29) is 31.2 Å². The monoisotopic (exact) mass is 333 g/mol. The molecule has 2 heterocycles. The van der Waals surface area contributed by atoms with Crippen LogP contribution in [-0.2, 0) is 20.7 Å². The first-order valence-electron chi connectivity index (χ1n) is 7.32. The molecule has 1 fully saturated rings. The number of nitrogens with zero attached hydrogens (tertiary/aromatic N) is 2. The number of nitrogens with one attached hydrogen (secondary N) is 1. The third-order valence-corrected chi connectivity index (χ3v) is 4.00. The minimum Gasteiger partial charge on any atom is -0.479 e. The molecule has 1 aromatic carbocycles. The van der Waals surface area contributed by atoms with Crippen molar-refractivity contribution in [2.24, 2.45) is 0 Å². The van der Waals surface area contributed by atoms with Crippen LogP contribution in [0.1, 0.15) is 5.56 Å². The van der Waals surface area contributed by atoms with Gasteiger partial charge in [-0.15, -0.1) is 0 Å². The highest BCUT2D eigenvalue weighted by Crippen LogP contribution is 2.24. The van der Waals surface area contributed by atoms with Crippen LogP contribution < -0.4 is 0 Å². The summed E-state index contributed by atoms with van der Waals surface area (Å²) >= 11 is 0. The number of hydrogen-bond acceptors (Lipinski definition) is 5. The largest absolute Gasteiger partial charge is 0.479 e. The molecular formula is C15H15N3O6. The van der Waals surface area contributed by atoms with Gasteiger partial charge in [-0.25, -0.2) is 4.79 Å². The van der Waals surface area contributed by atoms with E-state index in [1.807, 2.05) is 0 Å². The molecule has 0 bridgehead atoms. The lowest BCUT2D eigenvalue weighted by atomic mass is 10.1. The number of morpholine rings is 1. The van der Waals surface area contributed by atoms with E-state index in [9.17, 15) is 19.7 Å². The molecule has 3 rings (SSSR count). The Hall–Kier alpha value is -2.94. The summed E-state index contributed by atoms with van der Waals surface area (Å²) in [7, 11) is 0.